The van der Waals surface area contributed by atoms with E-state index in [-0.39, 0.29) is 11.5 Å². The van der Waals surface area contributed by atoms with E-state index in [2.05, 4.69) is 59.0 Å². The fraction of sp³-hybridized carbons (Fsp3) is 0.304. The molecule has 0 radical (unpaired) electrons. The number of aromatic hydroxyl groups is 2. The van der Waals surface area contributed by atoms with Crippen LogP contribution >= 0.6 is 12.6 Å². The van der Waals surface area contributed by atoms with Crippen LogP contribution in [0.1, 0.15) is 49.9 Å². The van der Waals surface area contributed by atoms with Gasteiger partial charge in [-0.15, -0.1) is 0 Å². The van der Waals surface area contributed by atoms with Crippen molar-refractivity contribution in [3.8, 4) is 11.5 Å². The molecule has 2 aromatic carbocycles. The summed E-state index contributed by atoms with van der Waals surface area (Å²) >= 11 is 4.49. The van der Waals surface area contributed by atoms with Crippen LogP contribution in [-0.4, -0.2) is 16.1 Å². The highest BCUT2D eigenvalue weighted by molar-refractivity contribution is 7.80. The second-order valence-electron chi connectivity index (χ2n) is 6.99. The van der Waals surface area contributed by atoms with Crippen molar-refractivity contribution in [2.24, 2.45) is 0 Å². The summed E-state index contributed by atoms with van der Waals surface area (Å²) < 4.78 is 0. The summed E-state index contributed by atoms with van der Waals surface area (Å²) in [7, 11) is 0. The number of hydrogen-bond acceptors (Lipinski definition) is 4. The Kier molecular flexibility index (Phi) is 6.66. The van der Waals surface area contributed by atoms with Crippen LogP contribution < -0.4 is 4.90 Å². The van der Waals surface area contributed by atoms with E-state index in [4.69, 9.17) is 0 Å². The zero-order valence-corrected chi connectivity index (χ0v) is 17.7. The Labute approximate surface area is 168 Å². The summed E-state index contributed by atoms with van der Waals surface area (Å²) in [5.41, 5.74) is 7.89. The Hall–Kier alpha value is -2.33. The fourth-order valence-electron chi connectivity index (χ4n) is 3.06. The molecule has 2 aromatic rings. The third-order valence-electron chi connectivity index (χ3n) is 5.04. The first kappa shape index (κ1) is 21.0. The van der Waals surface area contributed by atoms with Gasteiger partial charge in [0.15, 0.2) is 0 Å². The normalized spacial score (nSPS) is 10.6. The van der Waals surface area contributed by atoms with E-state index in [1.165, 1.54) is 28.3 Å². The van der Waals surface area contributed by atoms with E-state index in [1.54, 1.807) is 6.07 Å². The number of hydrogen-bond donors (Lipinski definition) is 3. The second kappa shape index (κ2) is 8.57. The molecule has 3 nitrogen and oxygen atoms in total. The van der Waals surface area contributed by atoms with Crippen LogP contribution in [0.4, 0.5) is 5.69 Å². The summed E-state index contributed by atoms with van der Waals surface area (Å²) in [4.78, 5) is 1.95. The standard InChI is InChI=1S/C23H29NO2S/c1-7-18-10-21(23(26)12-22(18)25)17(6)24(13-27)19-9-8-15(4)20(11-19)16(5)14(2)3/h8-12,25-27H,6-7,13H2,1-5H3. The van der Waals surface area contributed by atoms with Gasteiger partial charge in [-0.2, -0.15) is 12.6 Å². The summed E-state index contributed by atoms with van der Waals surface area (Å²) in [6.07, 6.45) is 0.668. The van der Waals surface area contributed by atoms with Gasteiger partial charge in [0.1, 0.15) is 11.5 Å². The summed E-state index contributed by atoms with van der Waals surface area (Å²) in [6, 6.07) is 9.44. The van der Waals surface area contributed by atoms with Gasteiger partial charge in [0, 0.05) is 23.0 Å². The number of phenols is 2. The van der Waals surface area contributed by atoms with E-state index >= 15 is 0 Å². The first-order valence-corrected chi connectivity index (χ1v) is 9.72. The molecular weight excluding hydrogens is 354 g/mol. The van der Waals surface area contributed by atoms with Crippen LogP contribution in [0.2, 0.25) is 0 Å². The number of aryl methyl sites for hydroxylation is 2. The van der Waals surface area contributed by atoms with Crippen LogP contribution in [-0.2, 0) is 6.42 Å². The van der Waals surface area contributed by atoms with Crippen LogP contribution in [0.25, 0.3) is 11.3 Å². The number of nitrogens with zero attached hydrogens (tertiary/aromatic N) is 1. The largest absolute Gasteiger partial charge is 0.508 e. The van der Waals surface area contributed by atoms with Gasteiger partial charge in [-0.1, -0.05) is 25.1 Å². The van der Waals surface area contributed by atoms with Gasteiger partial charge in [-0.25, -0.2) is 0 Å². The molecule has 144 valence electrons. The predicted molar refractivity (Wildman–Crippen MR) is 120 cm³/mol. The Bertz CT molecular complexity index is 895. The van der Waals surface area contributed by atoms with Crippen molar-refractivity contribution in [3.63, 3.8) is 0 Å². The predicted octanol–water partition coefficient (Wildman–Crippen LogP) is 6.15. The van der Waals surface area contributed by atoms with Crippen molar-refractivity contribution in [1.82, 2.24) is 0 Å². The Balaban J connectivity index is 2.53. The Morgan fingerprint density at radius 3 is 2.26 bits per heavy atom. The van der Waals surface area contributed by atoms with E-state index in [9.17, 15) is 10.2 Å². The van der Waals surface area contributed by atoms with Crippen LogP contribution in [0.15, 0.2) is 42.5 Å². The molecule has 0 bridgehead atoms. The molecule has 0 amide bonds. The van der Waals surface area contributed by atoms with Gasteiger partial charge in [0.05, 0.1) is 5.88 Å². The molecule has 0 unspecified atom stereocenters. The minimum absolute atomic E-state index is 0.00861. The average molecular weight is 384 g/mol. The van der Waals surface area contributed by atoms with Gasteiger partial charge in [0.2, 0.25) is 0 Å². The SMILES string of the molecule is C=C(c1cc(CC)c(O)cc1O)N(CS)c1ccc(C)c(C(C)=C(C)C)c1. The van der Waals surface area contributed by atoms with E-state index in [0.717, 1.165) is 11.3 Å². The fourth-order valence-corrected chi connectivity index (χ4v) is 3.39. The molecule has 0 aliphatic rings. The highest BCUT2D eigenvalue weighted by Crippen LogP contribution is 2.36. The second-order valence-corrected chi connectivity index (χ2v) is 7.27. The zero-order valence-electron chi connectivity index (χ0n) is 16.8. The van der Waals surface area contributed by atoms with Gasteiger partial charge >= 0.3 is 0 Å². The number of rotatable bonds is 6. The monoisotopic (exact) mass is 383 g/mol. The van der Waals surface area contributed by atoms with Crippen molar-refractivity contribution in [2.45, 2.75) is 41.0 Å². The summed E-state index contributed by atoms with van der Waals surface area (Å²) in [5, 5.41) is 20.3. The number of allylic oxidation sites excluding steroid dienone is 2. The number of benzene rings is 2. The van der Waals surface area contributed by atoms with Crippen molar-refractivity contribution >= 4 is 29.6 Å². The minimum Gasteiger partial charge on any atom is -0.508 e. The van der Waals surface area contributed by atoms with Crippen molar-refractivity contribution in [2.75, 3.05) is 10.8 Å². The highest BCUT2D eigenvalue weighted by atomic mass is 32.1. The molecule has 0 atom stereocenters. The molecule has 0 aliphatic carbocycles. The molecule has 0 spiro atoms. The lowest BCUT2D eigenvalue weighted by Gasteiger charge is -2.27. The first-order chi connectivity index (χ1) is 12.7. The molecule has 0 saturated carbocycles. The van der Waals surface area contributed by atoms with Crippen molar-refractivity contribution < 1.29 is 10.2 Å². The minimum atomic E-state index is 0.00861. The van der Waals surface area contributed by atoms with Gasteiger partial charge in [0.25, 0.3) is 0 Å². The lowest BCUT2D eigenvalue weighted by atomic mass is 9.97. The molecule has 2 N–H and O–H groups in total. The molecule has 4 heteroatoms. The number of thiol groups is 1. The van der Waals surface area contributed by atoms with Crippen LogP contribution in [0.5, 0.6) is 11.5 Å². The summed E-state index contributed by atoms with van der Waals surface area (Å²) in [5.74, 6) is 0.520. The quantitative estimate of drug-likeness (QED) is 0.414. The van der Waals surface area contributed by atoms with Crippen molar-refractivity contribution in [1.29, 1.82) is 0 Å². The third-order valence-corrected chi connectivity index (χ3v) is 5.33. The maximum absolute atomic E-state index is 10.4. The molecule has 0 saturated heterocycles. The molecule has 0 fully saturated rings. The van der Waals surface area contributed by atoms with E-state index in [0.29, 0.717) is 23.6 Å². The lowest BCUT2D eigenvalue weighted by molar-refractivity contribution is 0.445. The average Bonchev–Trinajstić information content (AvgIpc) is 2.62. The first-order valence-electron chi connectivity index (χ1n) is 9.08. The highest BCUT2D eigenvalue weighted by Gasteiger charge is 2.17. The zero-order chi connectivity index (χ0) is 20.3. The molecule has 2 rings (SSSR count). The third kappa shape index (κ3) is 4.33. The topological polar surface area (TPSA) is 43.7 Å². The van der Waals surface area contributed by atoms with E-state index < -0.39 is 0 Å². The van der Waals surface area contributed by atoms with Crippen LogP contribution in [0.3, 0.4) is 0 Å². The molecular formula is C23H29NO2S. The van der Waals surface area contributed by atoms with Gasteiger partial charge in [-0.05, 0) is 74.6 Å². The molecule has 0 aromatic heterocycles. The van der Waals surface area contributed by atoms with Gasteiger partial charge < -0.3 is 15.1 Å². The smallest absolute Gasteiger partial charge is 0.128 e. The van der Waals surface area contributed by atoms with E-state index in [1.807, 2.05) is 17.9 Å². The molecule has 0 aliphatic heterocycles. The number of anilines is 1. The number of phenolic OH excluding ortho intramolecular Hbond substituents is 2. The molecule has 0 heterocycles. The lowest BCUT2D eigenvalue weighted by Crippen LogP contribution is -2.19. The maximum Gasteiger partial charge on any atom is 0.128 e. The maximum atomic E-state index is 10.4. The summed E-state index contributed by atoms with van der Waals surface area (Å²) in [6.45, 7) is 14.6. The Morgan fingerprint density at radius 2 is 1.70 bits per heavy atom. The van der Waals surface area contributed by atoms with Gasteiger partial charge in [-0.3, -0.25) is 0 Å². The van der Waals surface area contributed by atoms with Crippen LogP contribution in [0, 0.1) is 6.92 Å². The Morgan fingerprint density at radius 1 is 1.04 bits per heavy atom. The molecule has 27 heavy (non-hydrogen) atoms. The van der Waals surface area contributed by atoms with Crippen molar-refractivity contribution in [3.05, 3.63) is 64.7 Å².